The Hall–Kier alpha value is -1.59. The van der Waals surface area contributed by atoms with Crippen LogP contribution >= 0.6 is 0 Å². The van der Waals surface area contributed by atoms with Crippen LogP contribution in [0, 0.1) is 0 Å². The summed E-state index contributed by atoms with van der Waals surface area (Å²) in [6, 6.07) is -0.773. The third kappa shape index (κ3) is 2.40. The lowest BCUT2D eigenvalue weighted by molar-refractivity contribution is -0.124. The van der Waals surface area contributed by atoms with E-state index in [1.807, 2.05) is 0 Å². The second kappa shape index (κ2) is 4.73. The van der Waals surface area contributed by atoms with Gasteiger partial charge in [0.1, 0.15) is 11.8 Å². The molecule has 0 bridgehead atoms. The molecule has 2 aliphatic rings. The second-order valence-electron chi connectivity index (χ2n) is 4.56. The van der Waals surface area contributed by atoms with E-state index < -0.39 is 12.1 Å². The number of carbonyl (C=O) groups excluding carboxylic acids is 2. The Labute approximate surface area is 99.0 Å². The normalized spacial score (nSPS) is 25.8. The Morgan fingerprint density at radius 1 is 1.24 bits per heavy atom. The quantitative estimate of drug-likeness (QED) is 0.730. The zero-order chi connectivity index (χ0) is 12.4. The van der Waals surface area contributed by atoms with Crippen molar-refractivity contribution < 1.29 is 19.5 Å². The first-order chi connectivity index (χ1) is 8.09. The molecule has 2 rings (SSSR count). The fraction of sp³-hybridized carbons (Fsp3) is 0.727. The lowest BCUT2D eigenvalue weighted by atomic mass is 9.92. The van der Waals surface area contributed by atoms with E-state index in [1.54, 1.807) is 0 Å². The minimum atomic E-state index is -1.06. The van der Waals surface area contributed by atoms with Crippen LogP contribution in [-0.2, 0) is 9.59 Å². The molecule has 0 radical (unpaired) electrons. The van der Waals surface area contributed by atoms with Crippen molar-refractivity contribution in [1.29, 1.82) is 0 Å². The van der Waals surface area contributed by atoms with Crippen molar-refractivity contribution in [2.75, 3.05) is 6.54 Å². The molecule has 2 N–H and O–H groups in total. The van der Waals surface area contributed by atoms with Crippen LogP contribution in [-0.4, -0.2) is 46.4 Å². The van der Waals surface area contributed by atoms with E-state index in [1.165, 1.54) is 4.90 Å². The van der Waals surface area contributed by atoms with Crippen LogP contribution in [0.25, 0.3) is 0 Å². The highest BCUT2D eigenvalue weighted by Gasteiger charge is 2.38. The summed E-state index contributed by atoms with van der Waals surface area (Å²) < 4.78 is 0. The summed E-state index contributed by atoms with van der Waals surface area (Å²) in [5, 5.41) is 11.9. The summed E-state index contributed by atoms with van der Waals surface area (Å²) in [5.41, 5.74) is 0. The van der Waals surface area contributed by atoms with E-state index in [4.69, 9.17) is 0 Å². The molecule has 0 spiro atoms. The first-order valence-corrected chi connectivity index (χ1v) is 5.90. The van der Waals surface area contributed by atoms with Gasteiger partial charge in [-0.15, -0.1) is 0 Å². The van der Waals surface area contributed by atoms with Crippen LogP contribution in [0.2, 0.25) is 0 Å². The monoisotopic (exact) mass is 240 g/mol. The molecule has 0 aromatic carbocycles. The standard InChI is InChI=1S/C11H16N2O4/c14-8-3-1-7(2-4-8)13(11(16)17)9-5-6-12-10(9)15/h7,9H,1-6H2,(H,12,15)(H,16,17)/t9-/m0/s1. The molecule has 0 aromatic heterocycles. The average molecular weight is 240 g/mol. The molecule has 94 valence electrons. The van der Waals surface area contributed by atoms with Crippen molar-refractivity contribution in [3.8, 4) is 0 Å². The van der Waals surface area contributed by atoms with Crippen molar-refractivity contribution in [3.63, 3.8) is 0 Å². The fourth-order valence-corrected chi connectivity index (χ4v) is 2.59. The Kier molecular flexibility index (Phi) is 3.31. The molecule has 1 saturated carbocycles. The highest BCUT2D eigenvalue weighted by Crippen LogP contribution is 2.24. The molecule has 1 atom stereocenters. The van der Waals surface area contributed by atoms with Gasteiger partial charge in [0, 0.05) is 25.4 Å². The van der Waals surface area contributed by atoms with Crippen LogP contribution in [0.1, 0.15) is 32.1 Å². The average Bonchev–Trinajstić information content (AvgIpc) is 2.68. The van der Waals surface area contributed by atoms with Crippen LogP contribution < -0.4 is 5.32 Å². The number of nitrogens with zero attached hydrogens (tertiary/aromatic N) is 1. The molecule has 6 heteroatoms. The SMILES string of the molecule is O=C1CCC(N(C(=O)O)[C@H]2CCNC2=O)CC1. The van der Waals surface area contributed by atoms with Crippen LogP contribution in [0.3, 0.4) is 0 Å². The van der Waals surface area contributed by atoms with Crippen molar-refractivity contribution in [3.05, 3.63) is 0 Å². The van der Waals surface area contributed by atoms with Gasteiger partial charge in [0.05, 0.1) is 0 Å². The Morgan fingerprint density at radius 3 is 2.35 bits per heavy atom. The summed E-state index contributed by atoms with van der Waals surface area (Å²) in [4.78, 5) is 35.2. The van der Waals surface area contributed by atoms with Crippen LogP contribution in [0.5, 0.6) is 0 Å². The summed E-state index contributed by atoms with van der Waals surface area (Å²) >= 11 is 0. The smallest absolute Gasteiger partial charge is 0.408 e. The van der Waals surface area contributed by atoms with Gasteiger partial charge < -0.3 is 10.4 Å². The van der Waals surface area contributed by atoms with Gasteiger partial charge in [-0.05, 0) is 19.3 Å². The van der Waals surface area contributed by atoms with Gasteiger partial charge in [0.2, 0.25) is 5.91 Å². The van der Waals surface area contributed by atoms with Gasteiger partial charge in [0.25, 0.3) is 0 Å². The van der Waals surface area contributed by atoms with E-state index in [-0.39, 0.29) is 17.7 Å². The zero-order valence-corrected chi connectivity index (χ0v) is 9.52. The van der Waals surface area contributed by atoms with Crippen molar-refractivity contribution in [2.45, 2.75) is 44.2 Å². The second-order valence-corrected chi connectivity index (χ2v) is 4.56. The summed E-state index contributed by atoms with van der Waals surface area (Å²) in [6.07, 6.45) is 1.37. The van der Waals surface area contributed by atoms with Gasteiger partial charge >= 0.3 is 6.09 Å². The van der Waals surface area contributed by atoms with E-state index in [0.717, 1.165) is 0 Å². The van der Waals surface area contributed by atoms with Gasteiger partial charge in [-0.2, -0.15) is 0 Å². The molecule has 1 saturated heterocycles. The fourth-order valence-electron chi connectivity index (χ4n) is 2.59. The number of ketones is 1. The maximum Gasteiger partial charge on any atom is 0.408 e. The third-order valence-corrected chi connectivity index (χ3v) is 3.48. The number of hydrogen-bond donors (Lipinski definition) is 2. The largest absolute Gasteiger partial charge is 0.465 e. The summed E-state index contributed by atoms with van der Waals surface area (Å²) in [5.74, 6) is -0.0354. The summed E-state index contributed by atoms with van der Waals surface area (Å²) in [7, 11) is 0. The zero-order valence-electron chi connectivity index (χ0n) is 9.52. The molecule has 1 aliphatic carbocycles. The van der Waals surface area contributed by atoms with Crippen molar-refractivity contribution >= 4 is 17.8 Å². The first-order valence-electron chi connectivity index (χ1n) is 5.90. The number of carbonyl (C=O) groups is 3. The van der Waals surface area contributed by atoms with Gasteiger partial charge in [-0.3, -0.25) is 14.5 Å². The number of hydrogen-bond acceptors (Lipinski definition) is 3. The van der Waals surface area contributed by atoms with Gasteiger partial charge in [-0.25, -0.2) is 4.79 Å². The predicted molar refractivity (Wildman–Crippen MR) is 58.5 cm³/mol. The molecule has 0 unspecified atom stereocenters. The number of Topliss-reactive ketones (excluding diaryl/α,β-unsaturated/α-hetero) is 1. The Balaban J connectivity index is 2.09. The highest BCUT2D eigenvalue weighted by molar-refractivity contribution is 5.87. The number of amides is 2. The lowest BCUT2D eigenvalue weighted by Gasteiger charge is -2.34. The highest BCUT2D eigenvalue weighted by atomic mass is 16.4. The van der Waals surface area contributed by atoms with Crippen LogP contribution in [0.4, 0.5) is 4.79 Å². The molecular weight excluding hydrogens is 224 g/mol. The molecule has 1 heterocycles. The van der Waals surface area contributed by atoms with E-state index >= 15 is 0 Å². The van der Waals surface area contributed by atoms with E-state index in [9.17, 15) is 19.5 Å². The molecule has 1 aliphatic heterocycles. The number of rotatable bonds is 2. The predicted octanol–water partition coefficient (Wildman–Crippen LogP) is 0.367. The number of carboxylic acid groups (broad SMARTS) is 1. The van der Waals surface area contributed by atoms with Crippen molar-refractivity contribution in [2.24, 2.45) is 0 Å². The molecule has 2 amide bonds. The van der Waals surface area contributed by atoms with E-state index in [2.05, 4.69) is 5.32 Å². The van der Waals surface area contributed by atoms with Gasteiger partial charge in [0.15, 0.2) is 0 Å². The molecule has 2 fully saturated rings. The first kappa shape index (κ1) is 11.9. The number of nitrogens with one attached hydrogen (secondary N) is 1. The lowest BCUT2D eigenvalue weighted by Crippen LogP contribution is -2.50. The Morgan fingerprint density at radius 2 is 1.88 bits per heavy atom. The topological polar surface area (TPSA) is 86.7 Å². The van der Waals surface area contributed by atoms with Crippen molar-refractivity contribution in [1.82, 2.24) is 10.2 Å². The Bertz CT molecular complexity index is 345. The third-order valence-electron chi connectivity index (χ3n) is 3.48. The van der Waals surface area contributed by atoms with Gasteiger partial charge in [-0.1, -0.05) is 0 Å². The minimum Gasteiger partial charge on any atom is -0.465 e. The minimum absolute atomic E-state index is 0.183. The van der Waals surface area contributed by atoms with E-state index in [0.29, 0.717) is 38.6 Å². The molecule has 0 aromatic rings. The molecule has 6 nitrogen and oxygen atoms in total. The maximum absolute atomic E-state index is 11.5. The van der Waals surface area contributed by atoms with Crippen LogP contribution in [0.15, 0.2) is 0 Å². The maximum atomic E-state index is 11.5. The molecule has 17 heavy (non-hydrogen) atoms. The molecular formula is C11H16N2O4. The summed E-state index contributed by atoms with van der Waals surface area (Å²) in [6.45, 7) is 0.527.